The predicted octanol–water partition coefficient (Wildman–Crippen LogP) is 2.01. The van der Waals surface area contributed by atoms with E-state index in [1.54, 1.807) is 24.3 Å². The van der Waals surface area contributed by atoms with Crippen molar-refractivity contribution in [3.8, 4) is 5.75 Å². The SMILES string of the molecule is NCc1ccc(C(=O)Nc2c(O)cccc2[N+](=O)[O-])cc1. The quantitative estimate of drug-likeness (QED) is 0.451. The zero-order chi connectivity index (χ0) is 15.4. The van der Waals surface area contributed by atoms with Gasteiger partial charge in [-0.15, -0.1) is 0 Å². The molecule has 0 saturated heterocycles. The highest BCUT2D eigenvalue weighted by Gasteiger charge is 2.20. The lowest BCUT2D eigenvalue weighted by Gasteiger charge is -2.08. The maximum Gasteiger partial charge on any atom is 0.296 e. The average molecular weight is 287 g/mol. The van der Waals surface area contributed by atoms with Gasteiger partial charge in [0.1, 0.15) is 5.75 Å². The Labute approximate surface area is 120 Å². The maximum absolute atomic E-state index is 12.1. The van der Waals surface area contributed by atoms with Crippen molar-refractivity contribution in [3.05, 3.63) is 63.7 Å². The van der Waals surface area contributed by atoms with Gasteiger partial charge in [-0.2, -0.15) is 0 Å². The number of carbonyl (C=O) groups is 1. The van der Waals surface area contributed by atoms with Crippen molar-refractivity contribution in [1.82, 2.24) is 0 Å². The Morgan fingerprint density at radius 2 is 1.90 bits per heavy atom. The second kappa shape index (κ2) is 6.02. The van der Waals surface area contributed by atoms with Crippen LogP contribution in [0.25, 0.3) is 0 Å². The van der Waals surface area contributed by atoms with E-state index in [1.807, 2.05) is 0 Å². The van der Waals surface area contributed by atoms with Gasteiger partial charge in [-0.3, -0.25) is 14.9 Å². The number of phenolic OH excluding ortho intramolecular Hbond substituents is 1. The molecule has 0 radical (unpaired) electrons. The van der Waals surface area contributed by atoms with Crippen molar-refractivity contribution in [1.29, 1.82) is 0 Å². The molecule has 0 heterocycles. The fraction of sp³-hybridized carbons (Fsp3) is 0.0714. The molecule has 0 bridgehead atoms. The van der Waals surface area contributed by atoms with E-state index in [2.05, 4.69) is 5.32 Å². The first-order valence-electron chi connectivity index (χ1n) is 6.09. The standard InChI is InChI=1S/C14H13N3O4/c15-8-9-4-6-10(7-5-9)14(19)16-13-11(17(20)21)2-1-3-12(13)18/h1-7,18H,8,15H2,(H,16,19). The van der Waals surface area contributed by atoms with Gasteiger partial charge < -0.3 is 16.2 Å². The fourth-order valence-electron chi connectivity index (χ4n) is 1.79. The van der Waals surface area contributed by atoms with Crippen LogP contribution < -0.4 is 11.1 Å². The summed E-state index contributed by atoms with van der Waals surface area (Å²) in [6.45, 7) is 0.354. The Balaban J connectivity index is 2.29. The summed E-state index contributed by atoms with van der Waals surface area (Å²) in [6.07, 6.45) is 0. The van der Waals surface area contributed by atoms with Crippen molar-refractivity contribution in [2.45, 2.75) is 6.54 Å². The Kier molecular flexibility index (Phi) is 4.15. The van der Waals surface area contributed by atoms with Gasteiger partial charge in [0, 0.05) is 18.2 Å². The lowest BCUT2D eigenvalue weighted by atomic mass is 10.1. The molecule has 7 nitrogen and oxygen atoms in total. The number of rotatable bonds is 4. The Hall–Kier alpha value is -2.93. The minimum absolute atomic E-state index is 0.226. The lowest BCUT2D eigenvalue weighted by Crippen LogP contribution is -2.13. The van der Waals surface area contributed by atoms with Gasteiger partial charge in [-0.25, -0.2) is 0 Å². The number of phenols is 1. The summed E-state index contributed by atoms with van der Waals surface area (Å²) >= 11 is 0. The molecule has 4 N–H and O–H groups in total. The van der Waals surface area contributed by atoms with Crippen LogP contribution in [0.5, 0.6) is 5.75 Å². The molecule has 2 rings (SSSR count). The average Bonchev–Trinajstić information content (AvgIpc) is 2.49. The number of nitrogens with one attached hydrogen (secondary N) is 1. The van der Waals surface area contributed by atoms with Crippen LogP contribution in [0, 0.1) is 10.1 Å². The van der Waals surface area contributed by atoms with E-state index >= 15 is 0 Å². The monoisotopic (exact) mass is 287 g/mol. The molecule has 0 fully saturated rings. The van der Waals surface area contributed by atoms with Gasteiger partial charge in [-0.05, 0) is 23.8 Å². The summed E-state index contributed by atoms with van der Waals surface area (Å²) < 4.78 is 0. The van der Waals surface area contributed by atoms with Gasteiger partial charge in [0.2, 0.25) is 0 Å². The zero-order valence-electron chi connectivity index (χ0n) is 10.9. The van der Waals surface area contributed by atoms with Crippen LogP contribution >= 0.6 is 0 Å². The van der Waals surface area contributed by atoms with Crippen molar-refractivity contribution < 1.29 is 14.8 Å². The van der Waals surface area contributed by atoms with Gasteiger partial charge in [0.15, 0.2) is 5.69 Å². The van der Waals surface area contributed by atoms with Crippen molar-refractivity contribution in [2.24, 2.45) is 5.73 Å². The van der Waals surface area contributed by atoms with Crippen LogP contribution in [0.4, 0.5) is 11.4 Å². The molecular formula is C14H13N3O4. The molecule has 0 aromatic heterocycles. The van der Waals surface area contributed by atoms with Crippen LogP contribution in [0.3, 0.4) is 0 Å². The smallest absolute Gasteiger partial charge is 0.296 e. The van der Waals surface area contributed by atoms with E-state index in [1.165, 1.54) is 18.2 Å². The van der Waals surface area contributed by atoms with Crippen molar-refractivity contribution >= 4 is 17.3 Å². The minimum atomic E-state index is -0.674. The molecule has 2 aromatic carbocycles. The highest BCUT2D eigenvalue weighted by Crippen LogP contribution is 2.33. The molecule has 1 amide bonds. The Morgan fingerprint density at radius 3 is 2.48 bits per heavy atom. The molecule has 0 aliphatic rings. The fourth-order valence-corrected chi connectivity index (χ4v) is 1.79. The van der Waals surface area contributed by atoms with E-state index < -0.39 is 10.8 Å². The summed E-state index contributed by atoms with van der Waals surface area (Å²) in [5.41, 5.74) is 6.04. The van der Waals surface area contributed by atoms with Gasteiger partial charge in [-0.1, -0.05) is 18.2 Å². The molecule has 7 heteroatoms. The maximum atomic E-state index is 12.1. The molecule has 0 atom stereocenters. The third kappa shape index (κ3) is 3.15. The largest absolute Gasteiger partial charge is 0.505 e. The third-order valence-corrected chi connectivity index (χ3v) is 2.91. The van der Waals surface area contributed by atoms with Gasteiger partial charge in [0.05, 0.1) is 4.92 Å². The first kappa shape index (κ1) is 14.5. The van der Waals surface area contributed by atoms with Crippen LogP contribution in [0.2, 0.25) is 0 Å². The van der Waals surface area contributed by atoms with E-state index in [-0.39, 0.29) is 17.1 Å². The predicted molar refractivity (Wildman–Crippen MR) is 77.0 cm³/mol. The number of anilines is 1. The molecule has 0 aliphatic carbocycles. The van der Waals surface area contributed by atoms with Gasteiger partial charge >= 0.3 is 0 Å². The Morgan fingerprint density at radius 1 is 1.24 bits per heavy atom. The number of amides is 1. The molecule has 0 unspecified atom stereocenters. The third-order valence-electron chi connectivity index (χ3n) is 2.91. The van der Waals surface area contributed by atoms with E-state index in [0.29, 0.717) is 12.1 Å². The van der Waals surface area contributed by atoms with E-state index in [9.17, 15) is 20.0 Å². The number of hydrogen-bond donors (Lipinski definition) is 3. The van der Waals surface area contributed by atoms with Crippen LogP contribution in [-0.4, -0.2) is 15.9 Å². The molecule has 21 heavy (non-hydrogen) atoms. The summed E-state index contributed by atoms with van der Waals surface area (Å²) in [5, 5.41) is 22.9. The van der Waals surface area contributed by atoms with Crippen LogP contribution in [0.15, 0.2) is 42.5 Å². The van der Waals surface area contributed by atoms with E-state index in [4.69, 9.17) is 5.73 Å². The number of para-hydroxylation sites is 1. The second-order valence-corrected chi connectivity index (χ2v) is 4.28. The number of benzene rings is 2. The van der Waals surface area contributed by atoms with Crippen molar-refractivity contribution in [2.75, 3.05) is 5.32 Å². The highest BCUT2D eigenvalue weighted by molar-refractivity contribution is 6.06. The topological polar surface area (TPSA) is 118 Å². The minimum Gasteiger partial charge on any atom is -0.505 e. The zero-order valence-corrected chi connectivity index (χ0v) is 10.9. The summed E-state index contributed by atoms with van der Waals surface area (Å²) in [7, 11) is 0. The summed E-state index contributed by atoms with van der Waals surface area (Å²) in [6, 6.07) is 10.3. The second-order valence-electron chi connectivity index (χ2n) is 4.28. The summed E-state index contributed by atoms with van der Waals surface area (Å²) in [4.78, 5) is 22.3. The first-order chi connectivity index (χ1) is 10.0. The number of nitro benzene ring substituents is 1. The van der Waals surface area contributed by atoms with Crippen LogP contribution in [0.1, 0.15) is 15.9 Å². The number of nitro groups is 1. The first-order valence-corrected chi connectivity index (χ1v) is 6.09. The lowest BCUT2D eigenvalue weighted by molar-refractivity contribution is -0.384. The number of nitrogens with two attached hydrogens (primary N) is 1. The summed E-state index contributed by atoms with van der Waals surface area (Å²) in [5.74, 6) is -0.917. The van der Waals surface area contributed by atoms with Crippen molar-refractivity contribution in [3.63, 3.8) is 0 Å². The Bertz CT molecular complexity index is 683. The number of aromatic hydroxyl groups is 1. The molecular weight excluding hydrogens is 274 g/mol. The molecule has 0 spiro atoms. The highest BCUT2D eigenvalue weighted by atomic mass is 16.6. The normalized spacial score (nSPS) is 10.1. The molecule has 2 aromatic rings. The van der Waals surface area contributed by atoms with Crippen LogP contribution in [-0.2, 0) is 6.54 Å². The number of hydrogen-bond acceptors (Lipinski definition) is 5. The number of nitrogens with zero attached hydrogens (tertiary/aromatic N) is 1. The molecule has 0 aliphatic heterocycles. The number of carbonyl (C=O) groups excluding carboxylic acids is 1. The molecule has 0 saturated carbocycles. The van der Waals surface area contributed by atoms with Gasteiger partial charge in [0.25, 0.3) is 11.6 Å². The molecule has 108 valence electrons. The van der Waals surface area contributed by atoms with E-state index in [0.717, 1.165) is 5.56 Å².